The number of aromatic nitrogens is 1. The third kappa shape index (κ3) is 5.31. The first-order valence-corrected chi connectivity index (χ1v) is 9.37. The number of carbonyl (C=O) groups is 1. The van der Waals surface area contributed by atoms with Crippen LogP contribution in [0.4, 0.5) is 0 Å². The van der Waals surface area contributed by atoms with Crippen LogP contribution in [-0.2, 0) is 15.5 Å². The second-order valence-corrected chi connectivity index (χ2v) is 7.93. The van der Waals surface area contributed by atoms with E-state index in [0.717, 1.165) is 11.1 Å². The third-order valence-corrected chi connectivity index (χ3v) is 6.05. The van der Waals surface area contributed by atoms with E-state index in [1.807, 2.05) is 30.3 Å². The standard InChI is InChI=1S/C17H20NO4P/c19-17(20)8-4-7-16(15-9-11-18-12-10-15)23(21,22)13-14-5-2-1-3-6-14/h1-3,5-6,9-12,16H,4,7-8,13H2,(H,19,20)(H,21,22). The Hall–Kier alpha value is -1.97. The van der Waals surface area contributed by atoms with E-state index in [-0.39, 0.29) is 12.6 Å². The lowest BCUT2D eigenvalue weighted by atomic mass is 10.1. The topological polar surface area (TPSA) is 87.5 Å². The maximum atomic E-state index is 12.9. The minimum atomic E-state index is -3.53. The van der Waals surface area contributed by atoms with Crippen molar-refractivity contribution in [1.82, 2.24) is 4.98 Å². The number of pyridine rings is 1. The van der Waals surface area contributed by atoms with E-state index in [4.69, 9.17) is 5.11 Å². The average Bonchev–Trinajstić information content (AvgIpc) is 2.52. The molecular formula is C17H20NO4P. The van der Waals surface area contributed by atoms with Crippen LogP contribution in [0.25, 0.3) is 0 Å². The molecule has 122 valence electrons. The van der Waals surface area contributed by atoms with Gasteiger partial charge in [0.15, 0.2) is 0 Å². The van der Waals surface area contributed by atoms with Crippen molar-refractivity contribution in [1.29, 1.82) is 0 Å². The van der Waals surface area contributed by atoms with Gasteiger partial charge in [-0.05, 0) is 36.1 Å². The third-order valence-electron chi connectivity index (χ3n) is 3.70. The maximum absolute atomic E-state index is 12.9. The van der Waals surface area contributed by atoms with Crippen molar-refractivity contribution >= 4 is 13.3 Å². The molecule has 0 aliphatic carbocycles. The minimum absolute atomic E-state index is 0.00702. The summed E-state index contributed by atoms with van der Waals surface area (Å²) in [6.45, 7) is 0. The molecule has 0 saturated heterocycles. The molecule has 1 aromatic carbocycles. The Morgan fingerprint density at radius 3 is 2.39 bits per heavy atom. The molecule has 0 saturated carbocycles. The van der Waals surface area contributed by atoms with Crippen molar-refractivity contribution in [3.63, 3.8) is 0 Å². The highest BCUT2D eigenvalue weighted by Crippen LogP contribution is 2.59. The number of nitrogens with zero attached hydrogens (tertiary/aromatic N) is 1. The van der Waals surface area contributed by atoms with Crippen molar-refractivity contribution < 1.29 is 19.4 Å². The lowest BCUT2D eigenvalue weighted by molar-refractivity contribution is -0.137. The quantitative estimate of drug-likeness (QED) is 0.717. The largest absolute Gasteiger partial charge is 0.481 e. The lowest BCUT2D eigenvalue weighted by Gasteiger charge is -2.23. The van der Waals surface area contributed by atoms with Crippen molar-refractivity contribution in [2.75, 3.05) is 0 Å². The van der Waals surface area contributed by atoms with Gasteiger partial charge in [-0.15, -0.1) is 0 Å². The zero-order chi connectivity index (χ0) is 16.7. The zero-order valence-corrected chi connectivity index (χ0v) is 13.6. The lowest BCUT2D eigenvalue weighted by Crippen LogP contribution is -2.05. The van der Waals surface area contributed by atoms with Gasteiger partial charge in [-0.1, -0.05) is 30.3 Å². The molecule has 0 amide bonds. The molecule has 0 radical (unpaired) electrons. The second kappa shape index (κ2) is 8.04. The summed E-state index contributed by atoms with van der Waals surface area (Å²) in [6.07, 6.45) is 3.96. The summed E-state index contributed by atoms with van der Waals surface area (Å²) in [6, 6.07) is 12.6. The number of carboxylic acid groups (broad SMARTS) is 1. The monoisotopic (exact) mass is 333 g/mol. The van der Waals surface area contributed by atoms with Crippen LogP contribution in [0, 0.1) is 0 Å². The number of rotatable bonds is 8. The zero-order valence-electron chi connectivity index (χ0n) is 12.7. The molecule has 6 heteroatoms. The molecule has 2 N–H and O–H groups in total. The number of hydrogen-bond acceptors (Lipinski definition) is 3. The predicted octanol–water partition coefficient (Wildman–Crippen LogP) is 3.85. The molecule has 0 aliphatic rings. The molecule has 2 rings (SSSR count). The number of hydrogen-bond donors (Lipinski definition) is 2. The van der Waals surface area contributed by atoms with Gasteiger partial charge < -0.3 is 10.00 Å². The van der Waals surface area contributed by atoms with Gasteiger partial charge in [-0.3, -0.25) is 14.3 Å². The van der Waals surface area contributed by atoms with Crippen molar-refractivity contribution in [2.45, 2.75) is 31.1 Å². The first-order chi connectivity index (χ1) is 11.0. The molecule has 0 bridgehead atoms. The Balaban J connectivity index is 2.20. The summed E-state index contributed by atoms with van der Waals surface area (Å²) < 4.78 is 12.9. The van der Waals surface area contributed by atoms with Crippen molar-refractivity contribution in [2.24, 2.45) is 0 Å². The molecule has 1 heterocycles. The van der Waals surface area contributed by atoms with Crippen LogP contribution in [-0.4, -0.2) is 21.0 Å². The molecule has 0 fully saturated rings. The molecule has 23 heavy (non-hydrogen) atoms. The first-order valence-electron chi connectivity index (χ1n) is 7.46. The molecule has 2 atom stereocenters. The highest BCUT2D eigenvalue weighted by molar-refractivity contribution is 7.57. The average molecular weight is 333 g/mol. The smallest absolute Gasteiger partial charge is 0.303 e. The fourth-order valence-electron chi connectivity index (χ4n) is 2.59. The van der Waals surface area contributed by atoms with Gasteiger partial charge >= 0.3 is 5.97 Å². The molecule has 2 unspecified atom stereocenters. The van der Waals surface area contributed by atoms with E-state index in [1.54, 1.807) is 24.5 Å². The van der Waals surface area contributed by atoms with E-state index < -0.39 is 19.0 Å². The Kier molecular flexibility index (Phi) is 6.08. The number of aliphatic carboxylic acids is 1. The molecule has 0 spiro atoms. The van der Waals surface area contributed by atoms with Crippen LogP contribution >= 0.6 is 7.37 Å². The second-order valence-electron chi connectivity index (χ2n) is 5.48. The van der Waals surface area contributed by atoms with Crippen molar-refractivity contribution in [3.05, 3.63) is 66.0 Å². The van der Waals surface area contributed by atoms with E-state index in [9.17, 15) is 14.3 Å². The maximum Gasteiger partial charge on any atom is 0.303 e. The molecular weight excluding hydrogens is 313 g/mol. The fraction of sp³-hybridized carbons (Fsp3) is 0.294. The van der Waals surface area contributed by atoms with Crippen LogP contribution in [0.15, 0.2) is 54.9 Å². The van der Waals surface area contributed by atoms with Gasteiger partial charge in [0.2, 0.25) is 7.37 Å². The van der Waals surface area contributed by atoms with Gasteiger partial charge in [-0.25, -0.2) is 0 Å². The van der Waals surface area contributed by atoms with Crippen LogP contribution < -0.4 is 0 Å². The molecule has 1 aromatic heterocycles. The predicted molar refractivity (Wildman–Crippen MR) is 88.4 cm³/mol. The summed E-state index contributed by atoms with van der Waals surface area (Å²) >= 11 is 0. The van der Waals surface area contributed by atoms with Crippen LogP contribution in [0.3, 0.4) is 0 Å². The Morgan fingerprint density at radius 2 is 1.78 bits per heavy atom. The highest BCUT2D eigenvalue weighted by atomic mass is 31.2. The molecule has 0 aliphatic heterocycles. The first kappa shape index (κ1) is 17.4. The fourth-order valence-corrected chi connectivity index (χ4v) is 4.77. The van der Waals surface area contributed by atoms with Crippen LogP contribution in [0.1, 0.15) is 36.0 Å². The Bertz CT molecular complexity index is 676. The van der Waals surface area contributed by atoms with Gasteiger partial charge in [0.05, 0.1) is 11.8 Å². The summed E-state index contributed by atoms with van der Waals surface area (Å²) in [5, 5.41) is 8.79. The molecule has 2 aromatic rings. The van der Waals surface area contributed by atoms with Gasteiger partial charge in [-0.2, -0.15) is 0 Å². The van der Waals surface area contributed by atoms with E-state index in [2.05, 4.69) is 4.98 Å². The molecule has 5 nitrogen and oxygen atoms in total. The van der Waals surface area contributed by atoms with Crippen LogP contribution in [0.5, 0.6) is 0 Å². The van der Waals surface area contributed by atoms with E-state index >= 15 is 0 Å². The summed E-state index contributed by atoms with van der Waals surface area (Å²) in [5.74, 6) is -0.894. The Morgan fingerprint density at radius 1 is 1.13 bits per heavy atom. The van der Waals surface area contributed by atoms with E-state index in [1.165, 1.54) is 0 Å². The normalized spacial score (nSPS) is 14.8. The van der Waals surface area contributed by atoms with E-state index in [0.29, 0.717) is 12.8 Å². The minimum Gasteiger partial charge on any atom is -0.481 e. The van der Waals surface area contributed by atoms with Crippen LogP contribution in [0.2, 0.25) is 0 Å². The highest BCUT2D eigenvalue weighted by Gasteiger charge is 2.32. The number of benzene rings is 1. The number of carboxylic acids is 1. The summed E-state index contributed by atoms with van der Waals surface area (Å²) in [4.78, 5) is 25.3. The summed E-state index contributed by atoms with van der Waals surface area (Å²) in [5.41, 5.74) is 0.952. The Labute approximate surface area is 135 Å². The van der Waals surface area contributed by atoms with Crippen molar-refractivity contribution in [3.8, 4) is 0 Å². The SMILES string of the molecule is O=C(O)CCCC(c1ccncc1)P(=O)(O)Cc1ccccc1. The van der Waals surface area contributed by atoms with Gasteiger partial charge in [0.1, 0.15) is 0 Å². The summed E-state index contributed by atoms with van der Waals surface area (Å²) in [7, 11) is -3.53. The van der Waals surface area contributed by atoms with Gasteiger partial charge in [0, 0.05) is 18.8 Å². The van der Waals surface area contributed by atoms with Gasteiger partial charge in [0.25, 0.3) is 0 Å².